The van der Waals surface area contributed by atoms with Gasteiger partial charge in [-0.15, -0.1) is 0 Å². The van der Waals surface area contributed by atoms with Crippen LogP contribution < -0.4 is 13.7 Å². The Hall–Kier alpha value is -1.92. The third kappa shape index (κ3) is 3.89. The minimum Gasteiger partial charge on any atom is -0.497 e. The molecular weight excluding hydrogens is 340 g/mol. The number of ether oxygens (including phenoxy) is 2. The van der Waals surface area contributed by atoms with E-state index in [-0.39, 0.29) is 16.4 Å². The molecule has 0 heterocycles. The van der Waals surface area contributed by atoms with E-state index in [4.69, 9.17) is 25.3 Å². The molecule has 0 unspecified atom stereocenters. The van der Waals surface area contributed by atoms with Crippen LogP contribution in [0.2, 0.25) is 5.02 Å². The Bertz CT molecular complexity index is 802. The predicted octanol–water partition coefficient (Wildman–Crippen LogP) is 3.69. The van der Waals surface area contributed by atoms with Gasteiger partial charge in [0.05, 0.1) is 14.2 Å². The van der Waals surface area contributed by atoms with Crippen LogP contribution >= 0.6 is 11.6 Å². The first kappa shape index (κ1) is 17.4. The van der Waals surface area contributed by atoms with Crippen molar-refractivity contribution in [2.75, 3.05) is 14.2 Å². The van der Waals surface area contributed by atoms with Crippen LogP contribution in [0.3, 0.4) is 0 Å². The van der Waals surface area contributed by atoms with Gasteiger partial charge in [-0.25, -0.2) is 0 Å². The van der Waals surface area contributed by atoms with Crippen molar-refractivity contribution in [3.05, 3.63) is 47.0 Å². The zero-order valence-electron chi connectivity index (χ0n) is 13.0. The Morgan fingerprint density at radius 3 is 2.30 bits per heavy atom. The molecule has 0 amide bonds. The van der Waals surface area contributed by atoms with Gasteiger partial charge in [0.2, 0.25) is 0 Å². The molecule has 0 saturated carbocycles. The van der Waals surface area contributed by atoms with Crippen LogP contribution in [0.4, 0.5) is 0 Å². The second-order valence-corrected chi connectivity index (χ2v) is 6.58. The summed E-state index contributed by atoms with van der Waals surface area (Å²) >= 11 is 6.03. The number of benzene rings is 2. The molecule has 0 N–H and O–H groups in total. The van der Waals surface area contributed by atoms with Gasteiger partial charge < -0.3 is 13.7 Å². The quantitative estimate of drug-likeness (QED) is 0.739. The maximum atomic E-state index is 12.5. The molecular formula is C16H17ClO5S. The molecule has 2 rings (SSSR count). The number of aryl methyl sites for hydroxylation is 1. The lowest BCUT2D eigenvalue weighted by molar-refractivity contribution is 0.388. The van der Waals surface area contributed by atoms with Crippen molar-refractivity contribution in [2.45, 2.75) is 18.2 Å². The minimum atomic E-state index is -4.07. The molecule has 124 valence electrons. The van der Waals surface area contributed by atoms with E-state index in [1.807, 2.05) is 6.92 Å². The molecule has 0 aliphatic carbocycles. The molecule has 0 aliphatic heterocycles. The summed E-state index contributed by atoms with van der Waals surface area (Å²) < 4.78 is 40.4. The predicted molar refractivity (Wildman–Crippen MR) is 88.2 cm³/mol. The molecule has 2 aromatic carbocycles. The fourth-order valence-electron chi connectivity index (χ4n) is 2.02. The van der Waals surface area contributed by atoms with Crippen molar-refractivity contribution in [2.24, 2.45) is 0 Å². The molecule has 0 bridgehead atoms. The summed E-state index contributed by atoms with van der Waals surface area (Å²) in [4.78, 5) is -0.104. The summed E-state index contributed by atoms with van der Waals surface area (Å²) in [5, 5.41) is 0.566. The Balaban J connectivity index is 2.43. The van der Waals surface area contributed by atoms with Gasteiger partial charge in [0.25, 0.3) is 0 Å². The van der Waals surface area contributed by atoms with Crippen LogP contribution in [-0.2, 0) is 16.5 Å². The number of hydrogen-bond acceptors (Lipinski definition) is 5. The van der Waals surface area contributed by atoms with Gasteiger partial charge in [0.15, 0.2) is 4.90 Å². The third-order valence-corrected chi connectivity index (χ3v) is 4.88. The van der Waals surface area contributed by atoms with E-state index in [0.717, 1.165) is 5.56 Å². The highest BCUT2D eigenvalue weighted by molar-refractivity contribution is 7.87. The molecule has 0 spiro atoms. The highest BCUT2D eigenvalue weighted by atomic mass is 35.5. The Morgan fingerprint density at radius 1 is 1.00 bits per heavy atom. The molecule has 5 nitrogen and oxygen atoms in total. The average molecular weight is 357 g/mol. The smallest absolute Gasteiger partial charge is 0.343 e. The lowest BCUT2D eigenvalue weighted by atomic mass is 10.2. The number of hydrogen-bond donors (Lipinski definition) is 0. The standard InChI is InChI=1S/C16H17ClO5S/c1-4-11-9-13(5-7-14(11)17)22-23(18,19)16-10-12(20-2)6-8-15(16)21-3/h5-10H,4H2,1-3H3. The molecule has 0 radical (unpaired) electrons. The monoisotopic (exact) mass is 356 g/mol. The summed E-state index contributed by atoms with van der Waals surface area (Å²) in [5.41, 5.74) is 0.803. The summed E-state index contributed by atoms with van der Waals surface area (Å²) in [5.74, 6) is 0.755. The molecule has 0 aromatic heterocycles. The highest BCUT2D eigenvalue weighted by Crippen LogP contribution is 2.31. The first-order valence-electron chi connectivity index (χ1n) is 6.86. The zero-order chi connectivity index (χ0) is 17.0. The van der Waals surface area contributed by atoms with Gasteiger partial charge in [0, 0.05) is 11.1 Å². The lowest BCUT2D eigenvalue weighted by Crippen LogP contribution is -2.11. The van der Waals surface area contributed by atoms with Crippen molar-refractivity contribution in [1.29, 1.82) is 0 Å². The normalized spacial score (nSPS) is 11.1. The van der Waals surface area contributed by atoms with Crippen LogP contribution in [0.1, 0.15) is 12.5 Å². The van der Waals surface area contributed by atoms with Gasteiger partial charge in [-0.3, -0.25) is 0 Å². The molecule has 2 aromatic rings. The summed E-state index contributed by atoms with van der Waals surface area (Å²) in [6.07, 6.45) is 0.665. The van der Waals surface area contributed by atoms with E-state index in [0.29, 0.717) is 17.2 Å². The first-order chi connectivity index (χ1) is 10.9. The van der Waals surface area contributed by atoms with Crippen LogP contribution in [0, 0.1) is 0 Å². The Labute approximate surface area is 140 Å². The minimum absolute atomic E-state index is 0.104. The van der Waals surface area contributed by atoms with E-state index in [1.54, 1.807) is 18.2 Å². The number of halogens is 1. The van der Waals surface area contributed by atoms with Crippen LogP contribution in [-0.4, -0.2) is 22.6 Å². The summed E-state index contributed by atoms with van der Waals surface area (Å²) in [6.45, 7) is 1.92. The van der Waals surface area contributed by atoms with Gasteiger partial charge in [0.1, 0.15) is 17.2 Å². The number of methoxy groups -OCH3 is 2. The second-order valence-electron chi connectivity index (χ2n) is 4.66. The summed E-state index contributed by atoms with van der Waals surface area (Å²) in [6, 6.07) is 9.18. The van der Waals surface area contributed by atoms with Gasteiger partial charge >= 0.3 is 10.1 Å². The average Bonchev–Trinajstić information content (AvgIpc) is 2.55. The topological polar surface area (TPSA) is 61.8 Å². The maximum Gasteiger partial charge on any atom is 0.343 e. The SMILES string of the molecule is CCc1cc(OS(=O)(=O)c2cc(OC)ccc2OC)ccc1Cl. The molecule has 0 atom stereocenters. The lowest BCUT2D eigenvalue weighted by Gasteiger charge is -2.12. The van der Waals surface area contributed by atoms with E-state index in [9.17, 15) is 8.42 Å². The molecule has 7 heteroatoms. The molecule has 0 aliphatic rings. The fourth-order valence-corrected chi connectivity index (χ4v) is 3.38. The molecule has 0 saturated heterocycles. The van der Waals surface area contributed by atoms with Crippen LogP contribution in [0.15, 0.2) is 41.3 Å². The van der Waals surface area contributed by atoms with Crippen LogP contribution in [0.25, 0.3) is 0 Å². The maximum absolute atomic E-state index is 12.5. The Kier molecular flexibility index (Phi) is 5.38. The van der Waals surface area contributed by atoms with E-state index in [2.05, 4.69) is 0 Å². The third-order valence-electron chi connectivity index (χ3n) is 3.24. The van der Waals surface area contributed by atoms with Crippen molar-refractivity contribution in [3.8, 4) is 17.2 Å². The van der Waals surface area contributed by atoms with Crippen molar-refractivity contribution in [3.63, 3.8) is 0 Å². The van der Waals surface area contributed by atoms with Crippen molar-refractivity contribution >= 4 is 21.7 Å². The van der Waals surface area contributed by atoms with E-state index in [1.165, 1.54) is 32.4 Å². The summed E-state index contributed by atoms with van der Waals surface area (Å²) in [7, 11) is -1.24. The van der Waals surface area contributed by atoms with Crippen LogP contribution in [0.5, 0.6) is 17.2 Å². The van der Waals surface area contributed by atoms with E-state index >= 15 is 0 Å². The highest BCUT2D eigenvalue weighted by Gasteiger charge is 2.23. The van der Waals surface area contributed by atoms with Gasteiger partial charge in [-0.1, -0.05) is 18.5 Å². The van der Waals surface area contributed by atoms with Gasteiger partial charge in [-0.2, -0.15) is 8.42 Å². The van der Waals surface area contributed by atoms with Gasteiger partial charge in [-0.05, 0) is 42.3 Å². The second kappa shape index (κ2) is 7.10. The molecule has 0 fully saturated rings. The number of rotatable bonds is 6. The van der Waals surface area contributed by atoms with E-state index < -0.39 is 10.1 Å². The van der Waals surface area contributed by atoms with Crippen molar-refractivity contribution < 1.29 is 22.1 Å². The largest absolute Gasteiger partial charge is 0.497 e. The fraction of sp³-hybridized carbons (Fsp3) is 0.250. The molecule has 23 heavy (non-hydrogen) atoms. The zero-order valence-corrected chi connectivity index (χ0v) is 14.6. The first-order valence-corrected chi connectivity index (χ1v) is 8.64. The van der Waals surface area contributed by atoms with Crippen molar-refractivity contribution in [1.82, 2.24) is 0 Å². The Morgan fingerprint density at radius 2 is 1.70 bits per heavy atom.